The Kier molecular flexibility index (Phi) is 5.69. The molecule has 1 aliphatic carbocycles. The first-order valence-electron chi connectivity index (χ1n) is 9.85. The van der Waals surface area contributed by atoms with Crippen molar-refractivity contribution in [2.75, 3.05) is 0 Å². The van der Waals surface area contributed by atoms with Crippen molar-refractivity contribution in [1.82, 2.24) is 10.3 Å². The number of pyridine rings is 1. The minimum absolute atomic E-state index is 0.133. The van der Waals surface area contributed by atoms with E-state index in [1.54, 1.807) is 12.3 Å². The van der Waals surface area contributed by atoms with Crippen LogP contribution in [0.3, 0.4) is 0 Å². The van der Waals surface area contributed by atoms with Gasteiger partial charge in [-0.05, 0) is 61.8 Å². The smallest absolute Gasteiger partial charge is 0.255 e. The van der Waals surface area contributed by atoms with Crippen LogP contribution < -0.4 is 15.6 Å². The molecule has 1 aliphatic rings. The number of rotatable bonds is 5. The van der Waals surface area contributed by atoms with Crippen LogP contribution in [0.1, 0.15) is 36.8 Å². The fourth-order valence-corrected chi connectivity index (χ4v) is 4.02. The van der Waals surface area contributed by atoms with Crippen molar-refractivity contribution in [2.45, 2.75) is 51.3 Å². The summed E-state index contributed by atoms with van der Waals surface area (Å²) in [5.41, 5.74) is 2.48. The summed E-state index contributed by atoms with van der Waals surface area (Å²) in [4.78, 5) is 14.6. The first-order chi connectivity index (χ1) is 13.6. The van der Waals surface area contributed by atoms with Crippen LogP contribution in [0, 0.1) is 6.92 Å². The number of aromatic amines is 1. The average molecular weight is 397 g/mol. The van der Waals surface area contributed by atoms with Gasteiger partial charge in [0.15, 0.2) is 0 Å². The minimum atomic E-state index is -0.133. The van der Waals surface area contributed by atoms with Crippen molar-refractivity contribution in [3.05, 3.63) is 75.2 Å². The van der Waals surface area contributed by atoms with Gasteiger partial charge in [-0.25, -0.2) is 0 Å². The molecule has 4 rings (SSSR count). The highest BCUT2D eigenvalue weighted by molar-refractivity contribution is 6.32. The van der Waals surface area contributed by atoms with Gasteiger partial charge in [-0.1, -0.05) is 41.4 Å². The summed E-state index contributed by atoms with van der Waals surface area (Å²) in [5, 5.41) is 5.58. The Balaban J connectivity index is 1.33. The zero-order valence-corrected chi connectivity index (χ0v) is 16.8. The number of hydrogen-bond acceptors (Lipinski definition) is 3. The van der Waals surface area contributed by atoms with Crippen molar-refractivity contribution in [3.8, 4) is 5.75 Å². The molecule has 0 radical (unpaired) electrons. The summed E-state index contributed by atoms with van der Waals surface area (Å²) < 4.78 is 6.19. The van der Waals surface area contributed by atoms with E-state index >= 15 is 0 Å². The predicted octanol–water partition coefficient (Wildman–Crippen LogP) is 4.97. The fraction of sp³-hybridized carbons (Fsp3) is 0.348. The standard InChI is InChI=1S/C23H25ClN2O2/c1-15-2-4-16(5-3-15)14-26-18-6-8-19(9-7-18)28-22-12-17-10-11-25-23(27)20(17)13-21(22)24/h2-5,10-13,18-19,26H,6-9,14H2,1H3,(H,25,27)/t18-,19+. The van der Waals surface area contributed by atoms with Gasteiger partial charge >= 0.3 is 0 Å². The third kappa shape index (κ3) is 4.40. The molecule has 2 aromatic carbocycles. The van der Waals surface area contributed by atoms with Gasteiger partial charge in [-0.2, -0.15) is 0 Å². The van der Waals surface area contributed by atoms with Gasteiger partial charge in [0.25, 0.3) is 5.56 Å². The van der Waals surface area contributed by atoms with E-state index < -0.39 is 0 Å². The van der Waals surface area contributed by atoms with Crippen LogP contribution in [0.2, 0.25) is 5.02 Å². The Labute approximate surface area is 169 Å². The Morgan fingerprint density at radius 3 is 2.61 bits per heavy atom. The van der Waals surface area contributed by atoms with E-state index in [-0.39, 0.29) is 11.7 Å². The lowest BCUT2D eigenvalue weighted by Crippen LogP contribution is -2.36. The molecule has 0 aliphatic heterocycles. The highest BCUT2D eigenvalue weighted by atomic mass is 35.5. The molecule has 146 valence electrons. The molecule has 1 fully saturated rings. The van der Waals surface area contributed by atoms with Gasteiger partial charge < -0.3 is 15.0 Å². The second-order valence-electron chi connectivity index (χ2n) is 7.63. The van der Waals surface area contributed by atoms with E-state index in [1.807, 2.05) is 12.1 Å². The van der Waals surface area contributed by atoms with Crippen molar-refractivity contribution in [1.29, 1.82) is 0 Å². The lowest BCUT2D eigenvalue weighted by molar-refractivity contribution is 0.139. The Morgan fingerprint density at radius 2 is 1.86 bits per heavy atom. The molecule has 0 saturated heterocycles. The maximum atomic E-state index is 11.9. The molecule has 1 heterocycles. The molecule has 5 heteroatoms. The van der Waals surface area contributed by atoms with Gasteiger partial charge in [0, 0.05) is 24.2 Å². The largest absolute Gasteiger partial charge is 0.489 e. The summed E-state index contributed by atoms with van der Waals surface area (Å²) >= 11 is 6.36. The monoisotopic (exact) mass is 396 g/mol. The number of nitrogens with one attached hydrogen (secondary N) is 2. The second-order valence-corrected chi connectivity index (χ2v) is 8.04. The number of halogens is 1. The molecule has 28 heavy (non-hydrogen) atoms. The summed E-state index contributed by atoms with van der Waals surface area (Å²) in [7, 11) is 0. The molecular weight excluding hydrogens is 372 g/mol. The van der Waals surface area contributed by atoms with E-state index in [4.69, 9.17) is 16.3 Å². The third-order valence-corrected chi connectivity index (χ3v) is 5.80. The molecule has 1 saturated carbocycles. The SMILES string of the molecule is Cc1ccc(CN[C@H]2CC[C@@H](Oc3cc4cc[nH]c(=O)c4cc3Cl)CC2)cc1. The predicted molar refractivity (Wildman–Crippen MR) is 114 cm³/mol. The summed E-state index contributed by atoms with van der Waals surface area (Å²) in [5.74, 6) is 0.663. The van der Waals surface area contributed by atoms with Crippen molar-refractivity contribution in [3.63, 3.8) is 0 Å². The summed E-state index contributed by atoms with van der Waals surface area (Å²) in [6, 6.07) is 14.6. The molecule has 0 amide bonds. The van der Waals surface area contributed by atoms with Crippen LogP contribution in [0.25, 0.3) is 10.8 Å². The van der Waals surface area contributed by atoms with E-state index in [1.165, 1.54) is 11.1 Å². The fourth-order valence-electron chi connectivity index (χ4n) is 3.81. The zero-order valence-electron chi connectivity index (χ0n) is 16.0. The average Bonchev–Trinajstić information content (AvgIpc) is 2.70. The van der Waals surface area contributed by atoms with Gasteiger partial charge in [-0.3, -0.25) is 4.79 Å². The van der Waals surface area contributed by atoms with Crippen LogP contribution >= 0.6 is 11.6 Å². The number of fused-ring (bicyclic) bond motifs is 1. The molecule has 0 bridgehead atoms. The van der Waals surface area contributed by atoms with Crippen LogP contribution in [-0.2, 0) is 6.54 Å². The lowest BCUT2D eigenvalue weighted by atomic mass is 9.92. The molecule has 0 unspecified atom stereocenters. The number of aryl methyl sites for hydroxylation is 1. The first kappa shape index (κ1) is 19.0. The van der Waals surface area contributed by atoms with Gasteiger partial charge in [-0.15, -0.1) is 0 Å². The quantitative estimate of drug-likeness (QED) is 0.640. The van der Waals surface area contributed by atoms with Crippen LogP contribution in [0.4, 0.5) is 0 Å². The van der Waals surface area contributed by atoms with Crippen molar-refractivity contribution >= 4 is 22.4 Å². The molecule has 1 aromatic heterocycles. The molecule has 0 spiro atoms. The Hall–Kier alpha value is -2.30. The van der Waals surface area contributed by atoms with Gasteiger partial charge in [0.05, 0.1) is 11.1 Å². The van der Waals surface area contributed by atoms with Crippen molar-refractivity contribution < 1.29 is 4.74 Å². The summed E-state index contributed by atoms with van der Waals surface area (Å²) in [6.07, 6.45) is 5.97. The highest BCUT2D eigenvalue weighted by Crippen LogP contribution is 2.32. The zero-order chi connectivity index (χ0) is 19.5. The number of ether oxygens (including phenoxy) is 1. The number of aromatic nitrogens is 1. The maximum absolute atomic E-state index is 11.9. The third-order valence-electron chi connectivity index (χ3n) is 5.51. The van der Waals surface area contributed by atoms with Crippen molar-refractivity contribution in [2.24, 2.45) is 0 Å². The number of hydrogen-bond donors (Lipinski definition) is 2. The summed E-state index contributed by atoms with van der Waals surface area (Å²) in [6.45, 7) is 3.01. The molecule has 3 aromatic rings. The van der Waals surface area contributed by atoms with Gasteiger partial charge in [0.1, 0.15) is 5.75 Å². The molecule has 4 nitrogen and oxygen atoms in total. The lowest BCUT2D eigenvalue weighted by Gasteiger charge is -2.30. The van der Waals surface area contributed by atoms with Gasteiger partial charge in [0.2, 0.25) is 0 Å². The Morgan fingerprint density at radius 1 is 1.11 bits per heavy atom. The number of H-pyrrole nitrogens is 1. The molecular formula is C23H25ClN2O2. The number of benzene rings is 2. The normalized spacial score (nSPS) is 19.6. The highest BCUT2D eigenvalue weighted by Gasteiger charge is 2.23. The van der Waals surface area contributed by atoms with E-state index in [2.05, 4.69) is 41.5 Å². The topological polar surface area (TPSA) is 54.1 Å². The van der Waals surface area contributed by atoms with Crippen LogP contribution in [0.5, 0.6) is 5.75 Å². The van der Waals surface area contributed by atoms with E-state index in [9.17, 15) is 4.79 Å². The Bertz CT molecular complexity index is 1010. The van der Waals surface area contributed by atoms with Crippen LogP contribution in [0.15, 0.2) is 53.5 Å². The van der Waals surface area contributed by atoms with Crippen LogP contribution in [-0.4, -0.2) is 17.1 Å². The minimum Gasteiger partial charge on any atom is -0.489 e. The molecule has 2 N–H and O–H groups in total. The first-order valence-corrected chi connectivity index (χ1v) is 10.2. The van der Waals surface area contributed by atoms with E-state index in [0.717, 1.165) is 37.6 Å². The second kappa shape index (κ2) is 8.38. The maximum Gasteiger partial charge on any atom is 0.255 e. The molecule has 0 atom stereocenters. The van der Waals surface area contributed by atoms with E-state index in [0.29, 0.717) is 22.2 Å².